The van der Waals surface area contributed by atoms with Gasteiger partial charge in [0.05, 0.1) is 6.61 Å². The summed E-state index contributed by atoms with van der Waals surface area (Å²) in [5.41, 5.74) is 3.98. The minimum absolute atomic E-state index is 0.329. The van der Waals surface area contributed by atoms with Crippen molar-refractivity contribution in [2.24, 2.45) is 0 Å². The molecule has 1 aliphatic heterocycles. The molecule has 0 bridgehead atoms. The van der Waals surface area contributed by atoms with Gasteiger partial charge < -0.3 is 14.0 Å². The van der Waals surface area contributed by atoms with Gasteiger partial charge in [0.2, 0.25) is 0 Å². The Morgan fingerprint density at radius 1 is 0.885 bits per heavy atom. The number of hydrogen-bond donors (Lipinski definition) is 0. The summed E-state index contributed by atoms with van der Waals surface area (Å²) in [6.07, 6.45) is 0. The molecule has 2 aromatic rings. The van der Waals surface area contributed by atoms with Gasteiger partial charge in [-0.2, -0.15) is 0 Å². The molecule has 3 rings (SSSR count). The SMILES string of the molecule is CCOP1(=O)[C@@H](c2ccc(C)cc2)OC(C)(C)O[C@H]1c1ccc(C)cc1. The minimum atomic E-state index is -3.33. The molecule has 0 spiro atoms. The Morgan fingerprint density at radius 2 is 1.27 bits per heavy atom. The van der Waals surface area contributed by atoms with Crippen molar-refractivity contribution < 1.29 is 18.6 Å². The Kier molecular flexibility index (Phi) is 5.41. The second kappa shape index (κ2) is 7.28. The van der Waals surface area contributed by atoms with Crippen LogP contribution in [0.2, 0.25) is 0 Å². The van der Waals surface area contributed by atoms with Gasteiger partial charge in [-0.15, -0.1) is 0 Å². The predicted octanol–water partition coefficient (Wildman–Crippen LogP) is 6.10. The van der Waals surface area contributed by atoms with Crippen LogP contribution in [0.1, 0.15) is 54.7 Å². The van der Waals surface area contributed by atoms with Gasteiger partial charge >= 0.3 is 0 Å². The van der Waals surface area contributed by atoms with E-state index in [9.17, 15) is 4.57 Å². The highest BCUT2D eigenvalue weighted by Gasteiger charge is 2.53. The lowest BCUT2D eigenvalue weighted by atomic mass is 10.1. The fourth-order valence-electron chi connectivity index (χ4n) is 3.19. The van der Waals surface area contributed by atoms with Gasteiger partial charge in [0.25, 0.3) is 7.37 Å². The zero-order valence-electron chi connectivity index (χ0n) is 16.1. The summed E-state index contributed by atoms with van der Waals surface area (Å²) in [6, 6.07) is 15.8. The summed E-state index contributed by atoms with van der Waals surface area (Å²) < 4.78 is 32.2. The van der Waals surface area contributed by atoms with Crippen LogP contribution in [-0.2, 0) is 18.6 Å². The molecule has 2 aromatic carbocycles. The largest absolute Gasteiger partial charge is 0.332 e. The fraction of sp³-hybridized carbons (Fsp3) is 0.429. The quantitative estimate of drug-likeness (QED) is 0.607. The lowest BCUT2D eigenvalue weighted by molar-refractivity contribution is -0.255. The molecule has 1 aliphatic rings. The summed E-state index contributed by atoms with van der Waals surface area (Å²) in [4.78, 5) is 0. The topological polar surface area (TPSA) is 44.8 Å². The Balaban J connectivity index is 2.11. The summed E-state index contributed by atoms with van der Waals surface area (Å²) in [7, 11) is -3.33. The van der Waals surface area contributed by atoms with Gasteiger partial charge in [0.15, 0.2) is 17.5 Å². The Labute approximate surface area is 155 Å². The standard InChI is InChI=1S/C21H27O4P/c1-6-23-26(22)19(17-11-7-15(2)8-12-17)24-21(4,5)25-20(26)18-13-9-16(3)10-14-18/h7-14,19-20H,6H2,1-5H3/t19-,20+,26?. The highest BCUT2D eigenvalue weighted by Crippen LogP contribution is 2.74. The first-order valence-corrected chi connectivity index (χ1v) is 10.7. The van der Waals surface area contributed by atoms with E-state index < -0.39 is 24.8 Å². The Bertz CT molecular complexity index is 734. The maximum atomic E-state index is 14.1. The second-order valence-electron chi connectivity index (χ2n) is 7.22. The summed E-state index contributed by atoms with van der Waals surface area (Å²) >= 11 is 0. The normalized spacial score (nSPS) is 28.0. The van der Waals surface area contributed by atoms with E-state index in [1.807, 2.05) is 83.1 Å². The number of hydrogen-bond acceptors (Lipinski definition) is 4. The molecule has 26 heavy (non-hydrogen) atoms. The molecule has 0 amide bonds. The van der Waals surface area contributed by atoms with Crippen molar-refractivity contribution in [3.05, 3.63) is 70.8 Å². The Hall–Kier alpha value is -1.45. The number of rotatable bonds is 4. The van der Waals surface area contributed by atoms with E-state index in [0.717, 1.165) is 22.3 Å². The molecule has 3 atom stereocenters. The number of ether oxygens (including phenoxy) is 2. The fourth-order valence-corrected chi connectivity index (χ4v) is 6.08. The highest BCUT2D eigenvalue weighted by molar-refractivity contribution is 7.59. The molecule has 0 aliphatic carbocycles. The first kappa shape index (κ1) is 19.3. The molecule has 0 radical (unpaired) electrons. The maximum absolute atomic E-state index is 14.1. The predicted molar refractivity (Wildman–Crippen MR) is 103 cm³/mol. The van der Waals surface area contributed by atoms with Crippen molar-refractivity contribution in [1.29, 1.82) is 0 Å². The summed E-state index contributed by atoms with van der Waals surface area (Å²) in [5, 5.41) is 0. The molecule has 4 nitrogen and oxygen atoms in total. The molecule has 5 heteroatoms. The van der Waals surface area contributed by atoms with Gasteiger partial charge in [-0.25, -0.2) is 0 Å². The highest BCUT2D eigenvalue weighted by atomic mass is 31.2. The molecule has 1 heterocycles. The molecular formula is C21H27O4P. The average Bonchev–Trinajstić information content (AvgIpc) is 2.59. The molecule has 1 fully saturated rings. The van der Waals surface area contributed by atoms with Crippen LogP contribution in [0.5, 0.6) is 0 Å². The molecule has 1 unspecified atom stereocenters. The van der Waals surface area contributed by atoms with Crippen LogP contribution in [0.25, 0.3) is 0 Å². The minimum Gasteiger partial charge on any atom is -0.332 e. The summed E-state index contributed by atoms with van der Waals surface area (Å²) in [5.74, 6) is -2.22. The molecule has 1 saturated heterocycles. The first-order chi connectivity index (χ1) is 12.2. The molecule has 0 aromatic heterocycles. The van der Waals surface area contributed by atoms with Crippen LogP contribution in [0, 0.1) is 13.8 Å². The van der Waals surface area contributed by atoms with E-state index in [1.165, 1.54) is 0 Å². The van der Waals surface area contributed by atoms with Crippen LogP contribution in [0.3, 0.4) is 0 Å². The lowest BCUT2D eigenvalue weighted by Gasteiger charge is -2.45. The number of benzene rings is 2. The maximum Gasteiger partial charge on any atom is 0.267 e. The monoisotopic (exact) mass is 374 g/mol. The smallest absolute Gasteiger partial charge is 0.267 e. The van der Waals surface area contributed by atoms with Crippen LogP contribution in [-0.4, -0.2) is 12.4 Å². The zero-order chi connectivity index (χ0) is 18.9. The third-order valence-corrected chi connectivity index (χ3v) is 7.28. The van der Waals surface area contributed by atoms with E-state index >= 15 is 0 Å². The van der Waals surface area contributed by atoms with E-state index in [4.69, 9.17) is 14.0 Å². The molecule has 0 saturated carbocycles. The molecule has 140 valence electrons. The van der Waals surface area contributed by atoms with Crippen LogP contribution in [0.4, 0.5) is 0 Å². The van der Waals surface area contributed by atoms with Crippen LogP contribution < -0.4 is 0 Å². The van der Waals surface area contributed by atoms with Crippen molar-refractivity contribution in [3.8, 4) is 0 Å². The van der Waals surface area contributed by atoms with E-state index in [-0.39, 0.29) is 0 Å². The van der Waals surface area contributed by atoms with Crippen molar-refractivity contribution in [2.75, 3.05) is 6.61 Å². The first-order valence-electron chi connectivity index (χ1n) is 8.98. The third-order valence-electron chi connectivity index (χ3n) is 4.50. The van der Waals surface area contributed by atoms with Gasteiger partial charge in [-0.1, -0.05) is 59.7 Å². The van der Waals surface area contributed by atoms with Crippen molar-refractivity contribution in [1.82, 2.24) is 0 Å². The van der Waals surface area contributed by atoms with E-state index in [2.05, 4.69) is 0 Å². The average molecular weight is 374 g/mol. The Morgan fingerprint density at radius 3 is 1.62 bits per heavy atom. The van der Waals surface area contributed by atoms with Gasteiger partial charge in [-0.05, 0) is 45.7 Å². The van der Waals surface area contributed by atoms with Gasteiger partial charge in [-0.3, -0.25) is 4.57 Å². The van der Waals surface area contributed by atoms with E-state index in [0.29, 0.717) is 6.61 Å². The molecular weight excluding hydrogens is 347 g/mol. The van der Waals surface area contributed by atoms with Crippen molar-refractivity contribution >= 4 is 7.37 Å². The molecule has 0 N–H and O–H groups in total. The number of aryl methyl sites for hydroxylation is 2. The van der Waals surface area contributed by atoms with Crippen molar-refractivity contribution in [2.45, 2.75) is 52.1 Å². The summed E-state index contributed by atoms with van der Waals surface area (Å²) in [6.45, 7) is 9.92. The van der Waals surface area contributed by atoms with E-state index in [1.54, 1.807) is 0 Å². The third kappa shape index (κ3) is 3.79. The van der Waals surface area contributed by atoms with Gasteiger partial charge in [0.1, 0.15) is 0 Å². The van der Waals surface area contributed by atoms with Crippen LogP contribution in [0.15, 0.2) is 48.5 Å². The second-order valence-corrected chi connectivity index (χ2v) is 9.71. The van der Waals surface area contributed by atoms with Gasteiger partial charge in [0, 0.05) is 0 Å². The zero-order valence-corrected chi connectivity index (χ0v) is 17.0. The van der Waals surface area contributed by atoms with Crippen molar-refractivity contribution in [3.63, 3.8) is 0 Å². The van der Waals surface area contributed by atoms with Crippen LogP contribution >= 0.6 is 7.37 Å². The lowest BCUT2D eigenvalue weighted by Crippen LogP contribution is -2.38.